The van der Waals surface area contributed by atoms with Crippen molar-refractivity contribution in [1.82, 2.24) is 0 Å². The third-order valence-electron chi connectivity index (χ3n) is 3.62. The Bertz CT molecular complexity index is 397. The first-order valence-corrected chi connectivity index (χ1v) is 5.98. The van der Waals surface area contributed by atoms with E-state index in [1.54, 1.807) is 0 Å². The van der Waals surface area contributed by atoms with E-state index in [0.29, 0.717) is 12.8 Å². The molecule has 1 heterocycles. The topological polar surface area (TPSA) is 81.9 Å². The van der Waals surface area contributed by atoms with Crippen molar-refractivity contribution in [3.63, 3.8) is 0 Å². The molecule has 0 spiro atoms. The Hall–Kier alpha value is -1.31. The van der Waals surface area contributed by atoms with E-state index < -0.39 is 35.9 Å². The van der Waals surface area contributed by atoms with Gasteiger partial charge in [-0.2, -0.15) is 13.2 Å². The molecule has 2 aliphatic rings. The fourth-order valence-electron chi connectivity index (χ4n) is 2.25. The molecule has 19 heavy (non-hydrogen) atoms. The molecule has 1 unspecified atom stereocenters. The van der Waals surface area contributed by atoms with Gasteiger partial charge in [0.05, 0.1) is 6.61 Å². The number of rotatable bonds is 3. The van der Waals surface area contributed by atoms with Gasteiger partial charge in [0.1, 0.15) is 0 Å². The fourth-order valence-corrected chi connectivity index (χ4v) is 2.25. The van der Waals surface area contributed by atoms with Crippen molar-refractivity contribution in [2.45, 2.75) is 49.5 Å². The zero-order valence-corrected chi connectivity index (χ0v) is 10.1. The summed E-state index contributed by atoms with van der Waals surface area (Å²) < 4.78 is 47.1. The number of alkyl halides is 3. The van der Waals surface area contributed by atoms with Crippen LogP contribution in [0.2, 0.25) is 0 Å². The monoisotopic (exact) mass is 281 g/mol. The molecule has 108 valence electrons. The average Bonchev–Trinajstić information content (AvgIpc) is 3.10. The van der Waals surface area contributed by atoms with Gasteiger partial charge in [-0.15, -0.1) is 0 Å². The van der Waals surface area contributed by atoms with Crippen molar-refractivity contribution < 1.29 is 32.2 Å². The summed E-state index contributed by atoms with van der Waals surface area (Å²) >= 11 is 0. The summed E-state index contributed by atoms with van der Waals surface area (Å²) in [7, 11) is 0. The Balaban J connectivity index is 2.15. The molecule has 0 aromatic heterocycles. The predicted octanol–water partition coefficient (Wildman–Crippen LogP) is 1.05. The first kappa shape index (κ1) is 14.1. The number of primary amides is 1. The van der Waals surface area contributed by atoms with Gasteiger partial charge in [0, 0.05) is 0 Å². The van der Waals surface area contributed by atoms with E-state index in [9.17, 15) is 22.8 Å². The lowest BCUT2D eigenvalue weighted by molar-refractivity contribution is -0.214. The number of halogens is 3. The van der Waals surface area contributed by atoms with Crippen LogP contribution in [0.15, 0.2) is 0 Å². The van der Waals surface area contributed by atoms with Gasteiger partial charge in [0.2, 0.25) is 0 Å². The molecule has 1 saturated carbocycles. The highest BCUT2D eigenvalue weighted by Crippen LogP contribution is 2.46. The summed E-state index contributed by atoms with van der Waals surface area (Å²) in [6, 6.07) is 0. The molecular formula is C11H14F3NO4. The molecule has 1 aliphatic heterocycles. The molecule has 0 aromatic carbocycles. The number of epoxide rings is 1. The first-order chi connectivity index (χ1) is 8.74. The summed E-state index contributed by atoms with van der Waals surface area (Å²) in [5.41, 5.74) is 0.650. The molecule has 0 radical (unpaired) electrons. The molecule has 0 bridgehead atoms. The van der Waals surface area contributed by atoms with Gasteiger partial charge in [-0.1, -0.05) is 6.42 Å². The summed E-state index contributed by atoms with van der Waals surface area (Å²) in [6.07, 6.45) is -2.55. The number of esters is 1. The van der Waals surface area contributed by atoms with Crippen LogP contribution in [0.25, 0.3) is 0 Å². The van der Waals surface area contributed by atoms with Crippen molar-refractivity contribution in [3.8, 4) is 0 Å². The van der Waals surface area contributed by atoms with Crippen LogP contribution in [-0.4, -0.2) is 35.9 Å². The lowest BCUT2D eigenvalue weighted by atomic mass is 9.84. The maximum atomic E-state index is 12.7. The highest BCUT2D eigenvalue weighted by molar-refractivity contribution is 5.90. The molecule has 1 saturated heterocycles. The number of carbonyl (C=O) groups is 2. The van der Waals surface area contributed by atoms with Crippen LogP contribution in [0, 0.1) is 0 Å². The second-order valence-corrected chi connectivity index (χ2v) is 4.92. The van der Waals surface area contributed by atoms with Gasteiger partial charge in [0.15, 0.2) is 5.60 Å². The number of nitrogens with two attached hydrogens (primary N) is 1. The molecule has 1 aliphatic carbocycles. The van der Waals surface area contributed by atoms with E-state index in [0.717, 1.165) is 6.42 Å². The molecule has 1 amide bonds. The van der Waals surface area contributed by atoms with E-state index in [4.69, 9.17) is 10.5 Å². The Morgan fingerprint density at radius 2 is 1.68 bits per heavy atom. The fraction of sp³-hybridized carbons (Fsp3) is 0.818. The third-order valence-corrected chi connectivity index (χ3v) is 3.62. The smallest absolute Gasteiger partial charge is 0.430 e. The molecule has 0 aromatic rings. The van der Waals surface area contributed by atoms with Gasteiger partial charge in [-0.05, 0) is 25.7 Å². The highest BCUT2D eigenvalue weighted by Gasteiger charge is 2.73. The maximum absolute atomic E-state index is 12.7. The first-order valence-electron chi connectivity index (χ1n) is 5.98. The largest absolute Gasteiger partial charge is 0.446 e. The number of amides is 1. The van der Waals surface area contributed by atoms with E-state index in [2.05, 4.69) is 4.74 Å². The molecular weight excluding hydrogens is 267 g/mol. The van der Waals surface area contributed by atoms with Crippen molar-refractivity contribution in [1.29, 1.82) is 0 Å². The molecule has 8 heteroatoms. The maximum Gasteiger partial charge on any atom is 0.430 e. The predicted molar refractivity (Wildman–Crippen MR) is 55.8 cm³/mol. The minimum atomic E-state index is -4.85. The highest BCUT2D eigenvalue weighted by atomic mass is 19.4. The zero-order chi connectivity index (χ0) is 14.3. The van der Waals surface area contributed by atoms with E-state index in [-0.39, 0.29) is 12.8 Å². The summed E-state index contributed by atoms with van der Waals surface area (Å²) in [5.74, 6) is -2.47. The Kier molecular flexibility index (Phi) is 3.24. The van der Waals surface area contributed by atoms with Crippen LogP contribution >= 0.6 is 0 Å². The normalized spacial score (nSPS) is 29.6. The Morgan fingerprint density at radius 1 is 1.16 bits per heavy atom. The number of hydrogen-bond donors (Lipinski definition) is 1. The second-order valence-electron chi connectivity index (χ2n) is 4.92. The molecule has 2 N–H and O–H groups in total. The van der Waals surface area contributed by atoms with Crippen molar-refractivity contribution in [3.05, 3.63) is 0 Å². The number of carbonyl (C=O) groups excluding carboxylic acids is 2. The van der Waals surface area contributed by atoms with Gasteiger partial charge in [-0.25, -0.2) is 4.79 Å². The molecule has 2 fully saturated rings. The standard InChI is InChI=1S/C11H14F3NO4/c12-11(13,14)10(6-18-10)8(17)19-9(7(15)16)4-2-1-3-5-9/h1-6H2,(H2,15,16). The number of hydrogen-bond acceptors (Lipinski definition) is 4. The minimum Gasteiger partial charge on any atom is -0.446 e. The lowest BCUT2D eigenvalue weighted by Crippen LogP contribution is -2.53. The molecule has 1 atom stereocenters. The zero-order valence-electron chi connectivity index (χ0n) is 10.1. The van der Waals surface area contributed by atoms with Crippen molar-refractivity contribution in [2.24, 2.45) is 5.73 Å². The van der Waals surface area contributed by atoms with Crippen LogP contribution in [0.3, 0.4) is 0 Å². The molecule has 5 nitrogen and oxygen atoms in total. The van der Waals surface area contributed by atoms with Gasteiger partial charge in [-0.3, -0.25) is 4.79 Å². The summed E-state index contributed by atoms with van der Waals surface area (Å²) in [6.45, 7) is -0.774. The van der Waals surface area contributed by atoms with Crippen molar-refractivity contribution in [2.75, 3.05) is 6.61 Å². The quantitative estimate of drug-likeness (QED) is 0.619. The SMILES string of the molecule is NC(=O)C1(OC(=O)C2(C(F)(F)F)CO2)CCCCC1. The summed E-state index contributed by atoms with van der Waals surface area (Å²) in [4.78, 5) is 23.1. The minimum absolute atomic E-state index is 0.155. The van der Waals surface area contributed by atoms with Gasteiger partial charge >= 0.3 is 12.1 Å². The lowest BCUT2D eigenvalue weighted by Gasteiger charge is -2.34. The third kappa shape index (κ3) is 2.29. The molecule has 2 rings (SSSR count). The van der Waals surface area contributed by atoms with Gasteiger partial charge < -0.3 is 15.2 Å². The van der Waals surface area contributed by atoms with Crippen LogP contribution in [0.1, 0.15) is 32.1 Å². The van der Waals surface area contributed by atoms with Crippen LogP contribution in [0.5, 0.6) is 0 Å². The second kappa shape index (κ2) is 4.36. The van der Waals surface area contributed by atoms with E-state index >= 15 is 0 Å². The number of ether oxygens (including phenoxy) is 2. The Morgan fingerprint density at radius 3 is 2.05 bits per heavy atom. The Labute approximate surface area is 107 Å². The van der Waals surface area contributed by atoms with E-state index in [1.165, 1.54) is 0 Å². The summed E-state index contributed by atoms with van der Waals surface area (Å²) in [5, 5.41) is 0. The van der Waals surface area contributed by atoms with Crippen LogP contribution < -0.4 is 5.73 Å². The average molecular weight is 281 g/mol. The van der Waals surface area contributed by atoms with Crippen LogP contribution in [-0.2, 0) is 19.1 Å². The van der Waals surface area contributed by atoms with E-state index in [1.807, 2.05) is 0 Å². The van der Waals surface area contributed by atoms with Gasteiger partial charge in [0.25, 0.3) is 11.5 Å². The van der Waals surface area contributed by atoms with Crippen LogP contribution in [0.4, 0.5) is 13.2 Å². The van der Waals surface area contributed by atoms with Crippen molar-refractivity contribution >= 4 is 11.9 Å².